The minimum absolute atomic E-state index is 0. The molecule has 0 aromatic rings. The van der Waals surface area contributed by atoms with Crippen molar-refractivity contribution in [3.05, 3.63) is 0 Å². The van der Waals surface area contributed by atoms with Crippen molar-refractivity contribution in [2.45, 2.75) is 59.9 Å². The fourth-order valence-corrected chi connectivity index (χ4v) is 2.29. The van der Waals surface area contributed by atoms with Crippen LogP contribution in [0, 0.1) is 0 Å². The average molecular weight is 211 g/mol. The van der Waals surface area contributed by atoms with Crippen LogP contribution in [0.25, 0.3) is 0 Å². The predicted molar refractivity (Wildman–Crippen MR) is 54.4 cm³/mol. The molecule has 0 aromatic heterocycles. The van der Waals surface area contributed by atoms with E-state index in [4.69, 9.17) is 11.4 Å². The van der Waals surface area contributed by atoms with Crippen LogP contribution in [-0.2, 0) is 11.4 Å². The maximum absolute atomic E-state index is 5.57. The standard InChI is InChI=1S/3C3H7O.Al.Li/c3*1-3(2)4;;/h3*3H,1-2H3;;/q3*-1;+2;+1. The Bertz CT molecular complexity index is 107. The Hall–Kier alpha value is 1.01. The van der Waals surface area contributed by atoms with Crippen molar-refractivity contribution in [3.8, 4) is 0 Å². The molecule has 0 bridgehead atoms. The van der Waals surface area contributed by atoms with Gasteiger partial charge in [-0.1, -0.05) is 0 Å². The molecule has 0 unspecified atom stereocenters. The summed E-state index contributed by atoms with van der Waals surface area (Å²) in [6.07, 6.45) is 0.525. The van der Waals surface area contributed by atoms with Gasteiger partial charge < -0.3 is 11.4 Å². The number of hydrogen-bond donors (Lipinski definition) is 0. The van der Waals surface area contributed by atoms with E-state index < -0.39 is 15.1 Å². The van der Waals surface area contributed by atoms with E-state index in [0.29, 0.717) is 0 Å². The molecule has 0 fully saturated rings. The first kappa shape index (κ1) is 17.4. The van der Waals surface area contributed by atoms with Gasteiger partial charge in [0.1, 0.15) is 0 Å². The third-order valence-electron chi connectivity index (χ3n) is 1.15. The van der Waals surface area contributed by atoms with Crippen molar-refractivity contribution >= 4 is 15.1 Å². The van der Waals surface area contributed by atoms with Crippen LogP contribution in [0.15, 0.2) is 0 Å². The smallest absolute Gasteiger partial charge is 0.632 e. The zero-order valence-electron chi connectivity index (χ0n) is 10.5. The SMILES string of the molecule is CC(C)[O][Al-]([O]C(C)C)[O]C(C)C.[Li+]. The molecule has 5 heteroatoms. The van der Waals surface area contributed by atoms with Gasteiger partial charge in [-0.3, -0.25) is 0 Å². The van der Waals surface area contributed by atoms with Crippen LogP contribution in [-0.4, -0.2) is 33.5 Å². The van der Waals surface area contributed by atoms with Gasteiger partial charge in [-0.05, 0) is 59.9 Å². The Morgan fingerprint density at radius 3 is 1.00 bits per heavy atom. The minimum atomic E-state index is -1.91. The first-order chi connectivity index (χ1) is 5.91. The summed E-state index contributed by atoms with van der Waals surface area (Å²) in [6, 6.07) is 0. The summed E-state index contributed by atoms with van der Waals surface area (Å²) in [5.74, 6) is 0. The first-order valence-corrected chi connectivity index (χ1v) is 6.29. The molecule has 0 spiro atoms. The van der Waals surface area contributed by atoms with Crippen molar-refractivity contribution in [1.29, 1.82) is 0 Å². The van der Waals surface area contributed by atoms with Gasteiger partial charge in [-0.25, -0.2) is 0 Å². The zero-order chi connectivity index (χ0) is 10.4. The first-order valence-electron chi connectivity index (χ1n) is 4.88. The largest absolute Gasteiger partial charge is 1.00 e. The third kappa shape index (κ3) is 11.1. The van der Waals surface area contributed by atoms with Crippen LogP contribution < -0.4 is 18.9 Å². The van der Waals surface area contributed by atoms with Crippen LogP contribution in [0.1, 0.15) is 41.5 Å². The Balaban J connectivity index is 0. The molecule has 0 aromatic carbocycles. The Kier molecular flexibility index (Phi) is 11.5. The van der Waals surface area contributed by atoms with Gasteiger partial charge in [0.05, 0.1) is 0 Å². The number of hydrogen-bond acceptors (Lipinski definition) is 3. The summed E-state index contributed by atoms with van der Waals surface area (Å²) >= 11 is -1.91. The van der Waals surface area contributed by atoms with E-state index in [1.54, 1.807) is 0 Å². The Morgan fingerprint density at radius 2 is 0.857 bits per heavy atom. The van der Waals surface area contributed by atoms with Gasteiger partial charge in [0.15, 0.2) is 0 Å². The monoisotopic (exact) mass is 211 g/mol. The molecule has 0 rings (SSSR count). The zero-order valence-corrected chi connectivity index (χ0v) is 11.7. The normalized spacial score (nSPS) is 11.6. The Labute approximate surface area is 105 Å². The average Bonchev–Trinajstić information content (AvgIpc) is 1.80. The summed E-state index contributed by atoms with van der Waals surface area (Å²) in [5, 5.41) is 0. The van der Waals surface area contributed by atoms with Crippen molar-refractivity contribution in [1.82, 2.24) is 0 Å². The fourth-order valence-electron chi connectivity index (χ4n) is 0.763. The molecule has 0 saturated carbocycles. The molecular weight excluding hydrogens is 190 g/mol. The molecule has 14 heavy (non-hydrogen) atoms. The van der Waals surface area contributed by atoms with Gasteiger partial charge in [0.2, 0.25) is 0 Å². The number of rotatable bonds is 6. The maximum Gasteiger partial charge on any atom is 1.00 e. The van der Waals surface area contributed by atoms with E-state index in [2.05, 4.69) is 0 Å². The molecule has 0 aliphatic heterocycles. The quantitative estimate of drug-likeness (QED) is 0.541. The summed E-state index contributed by atoms with van der Waals surface area (Å²) in [4.78, 5) is 0. The predicted octanol–water partition coefficient (Wildman–Crippen LogP) is -0.750. The summed E-state index contributed by atoms with van der Waals surface area (Å²) < 4.78 is 16.7. The molecule has 0 aliphatic rings. The summed E-state index contributed by atoms with van der Waals surface area (Å²) in [6.45, 7) is 12.0. The van der Waals surface area contributed by atoms with Gasteiger partial charge in [0, 0.05) is 0 Å². The van der Waals surface area contributed by atoms with E-state index in [0.717, 1.165) is 0 Å². The van der Waals surface area contributed by atoms with E-state index in [9.17, 15) is 0 Å². The molecule has 0 atom stereocenters. The topological polar surface area (TPSA) is 27.7 Å². The second kappa shape index (κ2) is 9.25. The molecule has 0 saturated heterocycles. The molecule has 1 radical (unpaired) electrons. The molecule has 0 heterocycles. The van der Waals surface area contributed by atoms with Crippen LogP contribution >= 0.6 is 0 Å². The van der Waals surface area contributed by atoms with Crippen molar-refractivity contribution in [3.63, 3.8) is 0 Å². The second-order valence-corrected chi connectivity index (χ2v) is 5.24. The fraction of sp³-hybridized carbons (Fsp3) is 1.00. The van der Waals surface area contributed by atoms with Crippen LogP contribution in [0.5, 0.6) is 0 Å². The van der Waals surface area contributed by atoms with E-state index in [1.807, 2.05) is 41.5 Å². The van der Waals surface area contributed by atoms with Crippen LogP contribution in [0.2, 0.25) is 0 Å². The molecular formula is C9H21AlLiO3. The maximum atomic E-state index is 5.57. The van der Waals surface area contributed by atoms with E-state index >= 15 is 0 Å². The Morgan fingerprint density at radius 1 is 0.643 bits per heavy atom. The van der Waals surface area contributed by atoms with Gasteiger partial charge in [0.25, 0.3) is 0 Å². The summed E-state index contributed by atoms with van der Waals surface area (Å²) in [7, 11) is 0. The molecule has 3 nitrogen and oxygen atoms in total. The van der Waals surface area contributed by atoms with E-state index in [-0.39, 0.29) is 37.2 Å². The van der Waals surface area contributed by atoms with Gasteiger partial charge >= 0.3 is 34.0 Å². The van der Waals surface area contributed by atoms with Crippen molar-refractivity contribution in [2.24, 2.45) is 0 Å². The molecule has 0 N–H and O–H groups in total. The summed E-state index contributed by atoms with van der Waals surface area (Å²) in [5.41, 5.74) is 0. The van der Waals surface area contributed by atoms with Gasteiger partial charge in [-0.15, -0.1) is 0 Å². The van der Waals surface area contributed by atoms with E-state index in [1.165, 1.54) is 0 Å². The second-order valence-electron chi connectivity index (χ2n) is 3.84. The van der Waals surface area contributed by atoms with Crippen molar-refractivity contribution < 1.29 is 30.2 Å². The van der Waals surface area contributed by atoms with Gasteiger partial charge in [-0.2, -0.15) is 0 Å². The molecule has 0 amide bonds. The van der Waals surface area contributed by atoms with Crippen LogP contribution in [0.4, 0.5) is 0 Å². The molecule has 0 aliphatic carbocycles. The molecule has 79 valence electrons. The van der Waals surface area contributed by atoms with Crippen LogP contribution in [0.3, 0.4) is 0 Å². The van der Waals surface area contributed by atoms with Crippen molar-refractivity contribution in [2.75, 3.05) is 0 Å². The third-order valence-corrected chi connectivity index (χ3v) is 3.45. The minimum Gasteiger partial charge on any atom is -0.632 e.